The number of rotatable bonds is 3. The molecule has 0 atom stereocenters. The molecule has 3 rings (SSSR count). The lowest BCUT2D eigenvalue weighted by atomic mass is 9.99. The van der Waals surface area contributed by atoms with E-state index in [1.54, 1.807) is 6.07 Å². The van der Waals surface area contributed by atoms with Gasteiger partial charge in [-0.05, 0) is 25.1 Å². The van der Waals surface area contributed by atoms with Crippen molar-refractivity contribution in [2.75, 3.05) is 0 Å². The molecule has 110 valence electrons. The second-order valence-corrected chi connectivity index (χ2v) is 5.07. The van der Waals surface area contributed by atoms with Gasteiger partial charge >= 0.3 is 5.97 Å². The van der Waals surface area contributed by atoms with E-state index >= 15 is 0 Å². The van der Waals surface area contributed by atoms with Crippen LogP contribution in [-0.2, 0) is 7.05 Å². The molecule has 22 heavy (non-hydrogen) atoms. The number of aromatic carboxylic acids is 1. The summed E-state index contributed by atoms with van der Waals surface area (Å²) in [5.41, 5.74) is 2.14. The van der Waals surface area contributed by atoms with Crippen molar-refractivity contribution in [3.05, 3.63) is 65.1 Å². The molecule has 0 spiro atoms. The summed E-state index contributed by atoms with van der Waals surface area (Å²) in [7, 11) is 1.88. The van der Waals surface area contributed by atoms with Crippen molar-refractivity contribution in [2.24, 2.45) is 7.05 Å². The molecule has 0 fully saturated rings. The molecule has 1 aromatic carbocycles. The summed E-state index contributed by atoms with van der Waals surface area (Å²) < 4.78 is 1.93. The quantitative estimate of drug-likeness (QED) is 0.754. The largest absolute Gasteiger partial charge is 0.476 e. The van der Waals surface area contributed by atoms with E-state index in [0.29, 0.717) is 5.56 Å². The molecule has 0 saturated heterocycles. The van der Waals surface area contributed by atoms with Crippen LogP contribution in [0.15, 0.2) is 42.6 Å². The van der Waals surface area contributed by atoms with E-state index in [2.05, 4.69) is 4.98 Å². The molecule has 3 aromatic rings. The second kappa shape index (κ2) is 5.11. The first-order chi connectivity index (χ1) is 10.5. The zero-order chi connectivity index (χ0) is 15.9. The summed E-state index contributed by atoms with van der Waals surface area (Å²) in [6, 6.07) is 10.6. The summed E-state index contributed by atoms with van der Waals surface area (Å²) >= 11 is 0. The maximum absolute atomic E-state index is 12.9. The van der Waals surface area contributed by atoms with E-state index in [1.807, 2.05) is 42.8 Å². The highest BCUT2D eigenvalue weighted by molar-refractivity contribution is 6.20. The summed E-state index contributed by atoms with van der Waals surface area (Å²) in [4.78, 5) is 28.0. The van der Waals surface area contributed by atoms with Crippen molar-refractivity contribution in [2.45, 2.75) is 6.92 Å². The van der Waals surface area contributed by atoms with Crippen LogP contribution in [0.5, 0.6) is 0 Å². The number of aryl methyl sites for hydroxylation is 1. The van der Waals surface area contributed by atoms with Crippen LogP contribution in [0.3, 0.4) is 0 Å². The van der Waals surface area contributed by atoms with Crippen LogP contribution < -0.4 is 0 Å². The minimum Gasteiger partial charge on any atom is -0.476 e. The van der Waals surface area contributed by atoms with Crippen molar-refractivity contribution in [1.82, 2.24) is 9.55 Å². The molecule has 0 radical (unpaired) electrons. The van der Waals surface area contributed by atoms with Crippen LogP contribution >= 0.6 is 0 Å². The SMILES string of the molecule is Cc1c(C(=O)c2cccnc2C(=O)O)c2ccccc2n1C. The molecule has 0 bridgehead atoms. The minimum atomic E-state index is -1.21. The van der Waals surface area contributed by atoms with Crippen LogP contribution in [0.25, 0.3) is 10.9 Å². The number of hydrogen-bond acceptors (Lipinski definition) is 3. The van der Waals surface area contributed by atoms with Gasteiger partial charge < -0.3 is 9.67 Å². The Morgan fingerprint density at radius 2 is 1.86 bits per heavy atom. The zero-order valence-electron chi connectivity index (χ0n) is 12.2. The molecule has 0 unspecified atom stereocenters. The molecule has 1 N–H and O–H groups in total. The fourth-order valence-electron chi connectivity index (χ4n) is 2.70. The van der Waals surface area contributed by atoms with Gasteiger partial charge in [0.1, 0.15) is 0 Å². The first-order valence-electron chi connectivity index (χ1n) is 6.79. The number of aromatic nitrogens is 2. The molecular formula is C17H14N2O3. The van der Waals surface area contributed by atoms with Gasteiger partial charge in [0.25, 0.3) is 0 Å². The molecule has 2 aromatic heterocycles. The highest BCUT2D eigenvalue weighted by atomic mass is 16.4. The lowest BCUT2D eigenvalue weighted by Crippen LogP contribution is -2.12. The Labute approximate surface area is 126 Å². The third-order valence-corrected chi connectivity index (χ3v) is 3.88. The third kappa shape index (κ3) is 1.98. The first-order valence-corrected chi connectivity index (χ1v) is 6.79. The van der Waals surface area contributed by atoms with E-state index in [9.17, 15) is 14.7 Å². The van der Waals surface area contributed by atoms with E-state index in [1.165, 1.54) is 12.3 Å². The fourth-order valence-corrected chi connectivity index (χ4v) is 2.70. The van der Waals surface area contributed by atoms with Crippen LogP contribution in [0.4, 0.5) is 0 Å². The Morgan fingerprint density at radius 3 is 2.59 bits per heavy atom. The van der Waals surface area contributed by atoms with Gasteiger partial charge in [0, 0.05) is 29.8 Å². The standard InChI is InChI=1S/C17H14N2O3/c1-10-14(11-6-3-4-8-13(11)19(10)2)16(20)12-7-5-9-18-15(12)17(21)22/h3-9H,1-2H3,(H,21,22). The van der Waals surface area contributed by atoms with Crippen molar-refractivity contribution in [3.63, 3.8) is 0 Å². The van der Waals surface area contributed by atoms with E-state index in [4.69, 9.17) is 0 Å². The molecule has 2 heterocycles. The van der Waals surface area contributed by atoms with Crippen molar-refractivity contribution in [3.8, 4) is 0 Å². The molecule has 5 nitrogen and oxygen atoms in total. The fraction of sp³-hybridized carbons (Fsp3) is 0.118. The lowest BCUT2D eigenvalue weighted by molar-refractivity contribution is 0.0686. The van der Waals surface area contributed by atoms with Gasteiger partial charge in [-0.2, -0.15) is 0 Å². The predicted molar refractivity (Wildman–Crippen MR) is 82.3 cm³/mol. The molecular weight excluding hydrogens is 280 g/mol. The Balaban J connectivity index is 2.27. The summed E-state index contributed by atoms with van der Waals surface area (Å²) in [6.07, 6.45) is 1.37. The Kier molecular flexibility index (Phi) is 3.25. The lowest BCUT2D eigenvalue weighted by Gasteiger charge is -2.05. The van der Waals surface area contributed by atoms with E-state index in [0.717, 1.165) is 16.6 Å². The zero-order valence-corrected chi connectivity index (χ0v) is 12.2. The Bertz CT molecular complexity index is 909. The van der Waals surface area contributed by atoms with Gasteiger partial charge in [0.05, 0.1) is 11.1 Å². The second-order valence-electron chi connectivity index (χ2n) is 5.07. The monoisotopic (exact) mass is 294 g/mol. The van der Waals surface area contributed by atoms with E-state index in [-0.39, 0.29) is 17.0 Å². The van der Waals surface area contributed by atoms with Crippen molar-refractivity contribution in [1.29, 1.82) is 0 Å². The summed E-state index contributed by atoms with van der Waals surface area (Å²) in [5, 5.41) is 10.0. The number of pyridine rings is 1. The summed E-state index contributed by atoms with van der Waals surface area (Å²) in [6.45, 7) is 1.85. The van der Waals surface area contributed by atoms with E-state index < -0.39 is 5.97 Å². The first kappa shape index (κ1) is 14.0. The average Bonchev–Trinajstić information content (AvgIpc) is 2.79. The smallest absolute Gasteiger partial charge is 0.355 e. The van der Waals surface area contributed by atoms with Gasteiger partial charge in [-0.25, -0.2) is 9.78 Å². The van der Waals surface area contributed by atoms with Crippen LogP contribution in [0, 0.1) is 6.92 Å². The molecule has 0 aliphatic rings. The molecule has 0 aliphatic heterocycles. The number of benzene rings is 1. The number of para-hydroxylation sites is 1. The van der Waals surface area contributed by atoms with Gasteiger partial charge in [0.2, 0.25) is 0 Å². The molecule has 0 aliphatic carbocycles. The van der Waals surface area contributed by atoms with Crippen molar-refractivity contribution >= 4 is 22.7 Å². The minimum absolute atomic E-state index is 0.106. The molecule has 5 heteroatoms. The number of ketones is 1. The Hall–Kier alpha value is -2.95. The predicted octanol–water partition coefficient (Wildman–Crippen LogP) is 2.81. The number of carboxylic acid groups (broad SMARTS) is 1. The normalized spacial score (nSPS) is 10.8. The number of carbonyl (C=O) groups is 2. The van der Waals surface area contributed by atoms with Gasteiger partial charge in [-0.15, -0.1) is 0 Å². The van der Waals surface area contributed by atoms with Crippen LogP contribution in [-0.4, -0.2) is 26.4 Å². The van der Waals surface area contributed by atoms with Gasteiger partial charge in [-0.3, -0.25) is 4.79 Å². The highest BCUT2D eigenvalue weighted by Gasteiger charge is 2.24. The third-order valence-electron chi connectivity index (χ3n) is 3.88. The maximum atomic E-state index is 12.9. The van der Waals surface area contributed by atoms with Crippen LogP contribution in [0.1, 0.15) is 32.1 Å². The average molecular weight is 294 g/mol. The number of carboxylic acids is 1. The molecule has 0 amide bonds. The van der Waals surface area contributed by atoms with Gasteiger partial charge in [-0.1, -0.05) is 18.2 Å². The Morgan fingerprint density at radius 1 is 1.14 bits per heavy atom. The highest BCUT2D eigenvalue weighted by Crippen LogP contribution is 2.27. The number of fused-ring (bicyclic) bond motifs is 1. The number of hydrogen-bond donors (Lipinski definition) is 1. The maximum Gasteiger partial charge on any atom is 0.355 e. The number of nitrogens with zero attached hydrogens (tertiary/aromatic N) is 2. The van der Waals surface area contributed by atoms with Crippen molar-refractivity contribution < 1.29 is 14.7 Å². The van der Waals surface area contributed by atoms with Crippen LogP contribution in [0.2, 0.25) is 0 Å². The molecule has 0 saturated carbocycles. The summed E-state index contributed by atoms with van der Waals surface area (Å²) in [5.74, 6) is -1.53. The number of carbonyl (C=O) groups excluding carboxylic acids is 1. The van der Waals surface area contributed by atoms with Gasteiger partial charge in [0.15, 0.2) is 11.5 Å². The topological polar surface area (TPSA) is 72.2 Å².